The van der Waals surface area contributed by atoms with E-state index in [-0.39, 0.29) is 11.8 Å². The predicted octanol–water partition coefficient (Wildman–Crippen LogP) is 1.28. The molecule has 1 aliphatic rings. The second-order valence-electron chi connectivity index (χ2n) is 3.72. The maximum absolute atomic E-state index is 11.7. The number of amides is 2. The molecule has 1 fully saturated rings. The van der Waals surface area contributed by atoms with E-state index in [0.29, 0.717) is 28.7 Å². The molecular weight excluding hydrogens is 268 g/mol. The Labute approximate surface area is 115 Å². The molecule has 0 unspecified atom stereocenters. The van der Waals surface area contributed by atoms with Gasteiger partial charge in [-0.3, -0.25) is 14.5 Å². The lowest BCUT2D eigenvalue weighted by Gasteiger charge is -2.15. The molecule has 6 heteroatoms. The van der Waals surface area contributed by atoms with Crippen molar-refractivity contribution in [3.63, 3.8) is 0 Å². The van der Waals surface area contributed by atoms with E-state index >= 15 is 0 Å². The number of thioether (sulfide) groups is 1. The van der Waals surface area contributed by atoms with Crippen LogP contribution in [0, 0.1) is 0 Å². The molecule has 1 N–H and O–H groups in total. The smallest absolute Gasteiger partial charge is 0.251 e. The number of thiocarbonyl (C=S) groups is 1. The molecule has 1 saturated heterocycles. The molecular formula is C12H12N2O2S2. The molecule has 0 aliphatic carbocycles. The average molecular weight is 280 g/mol. The van der Waals surface area contributed by atoms with Gasteiger partial charge in [0.2, 0.25) is 5.91 Å². The normalized spacial score (nSPS) is 15.0. The Morgan fingerprint density at radius 1 is 1.39 bits per heavy atom. The summed E-state index contributed by atoms with van der Waals surface area (Å²) in [5, 5.41) is 2.77. The lowest BCUT2D eigenvalue weighted by atomic mass is 10.2. The first-order valence-corrected chi connectivity index (χ1v) is 6.88. The molecule has 1 heterocycles. The van der Waals surface area contributed by atoms with Crippen molar-refractivity contribution < 1.29 is 9.59 Å². The summed E-state index contributed by atoms with van der Waals surface area (Å²) in [4.78, 5) is 24.7. The van der Waals surface area contributed by atoms with Gasteiger partial charge in [-0.1, -0.05) is 42.2 Å². The van der Waals surface area contributed by atoms with Crippen molar-refractivity contribution in [2.45, 2.75) is 0 Å². The Morgan fingerprint density at radius 3 is 2.72 bits per heavy atom. The summed E-state index contributed by atoms with van der Waals surface area (Å²) in [6.07, 6.45) is 0. The molecule has 2 rings (SSSR count). The minimum atomic E-state index is -0.138. The number of hydrogen-bond donors (Lipinski definition) is 1. The minimum Gasteiger partial charge on any atom is -0.350 e. The van der Waals surface area contributed by atoms with Gasteiger partial charge in [-0.2, -0.15) is 0 Å². The first-order chi connectivity index (χ1) is 8.68. The predicted molar refractivity (Wildman–Crippen MR) is 75.5 cm³/mol. The van der Waals surface area contributed by atoms with E-state index in [9.17, 15) is 9.59 Å². The molecule has 1 aromatic carbocycles. The van der Waals surface area contributed by atoms with Crippen LogP contribution >= 0.6 is 24.0 Å². The third kappa shape index (κ3) is 3.08. The van der Waals surface area contributed by atoms with Crippen LogP contribution in [0.4, 0.5) is 0 Å². The topological polar surface area (TPSA) is 49.4 Å². The SMILES string of the molecule is O=C(NCCN1C(=O)CSC1=S)c1ccccc1. The number of carbonyl (C=O) groups is 2. The number of benzene rings is 1. The minimum absolute atomic E-state index is 0.0129. The summed E-state index contributed by atoms with van der Waals surface area (Å²) < 4.78 is 0.592. The fraction of sp³-hybridized carbons (Fsp3) is 0.250. The summed E-state index contributed by atoms with van der Waals surface area (Å²) in [6, 6.07) is 8.97. The van der Waals surface area contributed by atoms with Gasteiger partial charge in [0.15, 0.2) is 0 Å². The largest absolute Gasteiger partial charge is 0.350 e. The Kier molecular flexibility index (Phi) is 4.33. The first-order valence-electron chi connectivity index (χ1n) is 5.49. The van der Waals surface area contributed by atoms with Crippen molar-refractivity contribution in [2.24, 2.45) is 0 Å². The Hall–Kier alpha value is -1.40. The van der Waals surface area contributed by atoms with E-state index in [2.05, 4.69) is 5.32 Å². The number of nitrogens with zero attached hydrogens (tertiary/aromatic N) is 1. The number of hydrogen-bond acceptors (Lipinski definition) is 4. The van der Waals surface area contributed by atoms with Crippen LogP contribution < -0.4 is 5.32 Å². The fourth-order valence-corrected chi connectivity index (χ4v) is 2.69. The van der Waals surface area contributed by atoms with E-state index in [1.807, 2.05) is 18.2 Å². The van der Waals surface area contributed by atoms with Gasteiger partial charge in [-0.25, -0.2) is 0 Å². The number of carbonyl (C=O) groups excluding carboxylic acids is 2. The number of nitrogens with one attached hydrogen (secondary N) is 1. The number of rotatable bonds is 4. The van der Waals surface area contributed by atoms with Crippen LogP contribution in [-0.4, -0.2) is 39.9 Å². The zero-order valence-electron chi connectivity index (χ0n) is 9.59. The Balaban J connectivity index is 1.81. The fourth-order valence-electron chi connectivity index (χ4n) is 1.57. The highest BCUT2D eigenvalue weighted by Gasteiger charge is 2.25. The first kappa shape index (κ1) is 13.0. The zero-order valence-corrected chi connectivity index (χ0v) is 11.2. The van der Waals surface area contributed by atoms with E-state index in [1.165, 1.54) is 16.7 Å². The molecule has 0 aromatic heterocycles. The Morgan fingerprint density at radius 2 is 2.11 bits per heavy atom. The van der Waals surface area contributed by atoms with E-state index in [0.717, 1.165) is 0 Å². The maximum Gasteiger partial charge on any atom is 0.251 e. The van der Waals surface area contributed by atoms with Gasteiger partial charge < -0.3 is 5.32 Å². The quantitative estimate of drug-likeness (QED) is 0.844. The van der Waals surface area contributed by atoms with Gasteiger partial charge in [-0.05, 0) is 12.1 Å². The van der Waals surface area contributed by atoms with E-state index in [1.54, 1.807) is 12.1 Å². The standard InChI is InChI=1S/C12H12N2O2S2/c15-10-8-18-12(17)14(10)7-6-13-11(16)9-4-2-1-3-5-9/h1-5H,6-8H2,(H,13,16). The lowest BCUT2D eigenvalue weighted by Crippen LogP contribution is -2.37. The summed E-state index contributed by atoms with van der Waals surface area (Å²) in [5.74, 6) is 0.283. The van der Waals surface area contributed by atoms with Gasteiger partial charge in [0.05, 0.1) is 5.75 Å². The second kappa shape index (κ2) is 5.97. The van der Waals surface area contributed by atoms with Crippen molar-refractivity contribution in [3.05, 3.63) is 35.9 Å². The highest BCUT2D eigenvalue weighted by Crippen LogP contribution is 2.18. The van der Waals surface area contributed by atoms with Gasteiger partial charge in [0.1, 0.15) is 4.32 Å². The second-order valence-corrected chi connectivity index (χ2v) is 5.33. The zero-order chi connectivity index (χ0) is 13.0. The third-order valence-corrected chi connectivity index (χ3v) is 3.93. The molecule has 1 aromatic rings. The van der Waals surface area contributed by atoms with Crippen molar-refractivity contribution >= 4 is 40.1 Å². The van der Waals surface area contributed by atoms with Crippen LogP contribution in [0.5, 0.6) is 0 Å². The van der Waals surface area contributed by atoms with Gasteiger partial charge in [-0.15, -0.1) is 0 Å². The Bertz CT molecular complexity index is 460. The van der Waals surface area contributed by atoms with Crippen LogP contribution in [0.25, 0.3) is 0 Å². The monoisotopic (exact) mass is 280 g/mol. The van der Waals surface area contributed by atoms with E-state index < -0.39 is 0 Å². The highest BCUT2D eigenvalue weighted by atomic mass is 32.2. The summed E-state index contributed by atoms with van der Waals surface area (Å²) in [6.45, 7) is 0.837. The molecule has 0 saturated carbocycles. The molecule has 1 aliphatic heterocycles. The van der Waals surface area contributed by atoms with Gasteiger partial charge in [0.25, 0.3) is 5.91 Å². The highest BCUT2D eigenvalue weighted by molar-refractivity contribution is 8.23. The van der Waals surface area contributed by atoms with Crippen LogP contribution in [0.2, 0.25) is 0 Å². The summed E-state index contributed by atoms with van der Waals surface area (Å²) in [7, 11) is 0. The molecule has 0 radical (unpaired) electrons. The van der Waals surface area contributed by atoms with Gasteiger partial charge in [0, 0.05) is 18.7 Å². The van der Waals surface area contributed by atoms with Gasteiger partial charge >= 0.3 is 0 Å². The molecule has 18 heavy (non-hydrogen) atoms. The van der Waals surface area contributed by atoms with Crippen LogP contribution in [0.15, 0.2) is 30.3 Å². The molecule has 2 amide bonds. The van der Waals surface area contributed by atoms with Crippen molar-refractivity contribution in [1.82, 2.24) is 10.2 Å². The molecule has 94 valence electrons. The van der Waals surface area contributed by atoms with Crippen molar-refractivity contribution in [3.8, 4) is 0 Å². The van der Waals surface area contributed by atoms with Crippen molar-refractivity contribution in [1.29, 1.82) is 0 Å². The molecule has 0 atom stereocenters. The van der Waals surface area contributed by atoms with E-state index in [4.69, 9.17) is 12.2 Å². The van der Waals surface area contributed by atoms with Crippen LogP contribution in [0.3, 0.4) is 0 Å². The van der Waals surface area contributed by atoms with Crippen LogP contribution in [-0.2, 0) is 4.79 Å². The lowest BCUT2D eigenvalue weighted by molar-refractivity contribution is -0.123. The van der Waals surface area contributed by atoms with Crippen LogP contribution in [0.1, 0.15) is 10.4 Å². The summed E-state index contributed by atoms with van der Waals surface area (Å²) in [5.41, 5.74) is 0.613. The maximum atomic E-state index is 11.7. The molecule has 0 bridgehead atoms. The summed E-state index contributed by atoms with van der Waals surface area (Å²) >= 11 is 6.41. The molecule has 4 nitrogen and oxygen atoms in total. The van der Waals surface area contributed by atoms with Crippen molar-refractivity contribution in [2.75, 3.05) is 18.8 Å². The average Bonchev–Trinajstić information content (AvgIpc) is 2.71. The third-order valence-electron chi connectivity index (χ3n) is 2.50. The molecule has 0 spiro atoms.